The minimum Gasteiger partial charge on any atom is -0.379 e. The molecule has 0 bridgehead atoms. The third kappa shape index (κ3) is 10.5. The molecule has 0 unspecified atom stereocenters. The van der Waals surface area contributed by atoms with E-state index in [0.29, 0.717) is 5.96 Å². The van der Waals surface area contributed by atoms with Gasteiger partial charge in [0.1, 0.15) is 6.54 Å². The zero-order valence-electron chi connectivity index (χ0n) is 16.7. The maximum Gasteiger partial charge on any atom is 0.243 e. The van der Waals surface area contributed by atoms with Crippen LogP contribution in [-0.4, -0.2) is 94.0 Å². The van der Waals surface area contributed by atoms with Gasteiger partial charge in [0.15, 0.2) is 5.96 Å². The predicted octanol–water partition coefficient (Wildman–Crippen LogP) is 1.35. The van der Waals surface area contributed by atoms with Gasteiger partial charge in [-0.1, -0.05) is 18.2 Å². The molecular weight excluding hydrogens is 489 g/mol. The number of morpholine rings is 1. The van der Waals surface area contributed by atoms with E-state index in [1.54, 1.807) is 30.8 Å². The molecule has 1 saturated heterocycles. The number of amides is 1. The van der Waals surface area contributed by atoms with Crippen molar-refractivity contribution in [2.24, 2.45) is 4.99 Å². The molecule has 0 aromatic heterocycles. The van der Waals surface area contributed by atoms with Crippen molar-refractivity contribution in [3.63, 3.8) is 0 Å². The van der Waals surface area contributed by atoms with E-state index >= 15 is 0 Å². The molecule has 2 N–H and O–H groups in total. The summed E-state index contributed by atoms with van der Waals surface area (Å²) in [7, 11) is 3.49. The smallest absolute Gasteiger partial charge is 0.243 e. The number of carbonyl (C=O) groups excluding carboxylic acids is 1. The number of rotatable bonds is 9. The third-order valence-electron chi connectivity index (χ3n) is 4.10. The molecule has 1 fully saturated rings. The summed E-state index contributed by atoms with van der Waals surface area (Å²) in [4.78, 5) is 21.4. The van der Waals surface area contributed by atoms with Gasteiger partial charge in [-0.25, -0.2) is 4.99 Å². The number of benzene rings is 1. The van der Waals surface area contributed by atoms with Gasteiger partial charge in [-0.05, 0) is 12.1 Å². The topological polar surface area (TPSA) is 69.2 Å². The number of halogens is 1. The predicted molar refractivity (Wildman–Crippen MR) is 127 cm³/mol. The standard InChI is InChI=1S/C19H31N5O2S.HI/c1-23(2)18(25)16-22-19(20-8-10-24-11-13-26-14-12-24)21-9-15-27-17-6-4-3-5-7-17;/h3-7H,8-16H2,1-2H3,(H2,20,21,22);1H. The lowest BCUT2D eigenvalue weighted by atomic mass is 10.4. The molecular formula is C19H32IN5O2S. The van der Waals surface area contributed by atoms with Crippen LogP contribution in [0.3, 0.4) is 0 Å². The summed E-state index contributed by atoms with van der Waals surface area (Å²) in [6.07, 6.45) is 0. The molecule has 1 aromatic carbocycles. The summed E-state index contributed by atoms with van der Waals surface area (Å²) in [5.41, 5.74) is 0. The average Bonchev–Trinajstić information content (AvgIpc) is 2.70. The van der Waals surface area contributed by atoms with E-state index in [1.165, 1.54) is 4.90 Å². The number of thioether (sulfide) groups is 1. The molecule has 28 heavy (non-hydrogen) atoms. The number of ether oxygens (including phenoxy) is 1. The van der Waals surface area contributed by atoms with Gasteiger partial charge >= 0.3 is 0 Å². The van der Waals surface area contributed by atoms with Crippen LogP contribution in [0.4, 0.5) is 0 Å². The van der Waals surface area contributed by atoms with Gasteiger partial charge in [-0.3, -0.25) is 9.69 Å². The van der Waals surface area contributed by atoms with Gasteiger partial charge in [0.25, 0.3) is 0 Å². The largest absolute Gasteiger partial charge is 0.379 e. The molecule has 1 amide bonds. The lowest BCUT2D eigenvalue weighted by Crippen LogP contribution is -2.45. The first-order chi connectivity index (χ1) is 13.1. The first-order valence-electron chi connectivity index (χ1n) is 9.35. The van der Waals surface area contributed by atoms with Gasteiger partial charge in [0, 0.05) is 57.5 Å². The molecule has 1 aliphatic rings. The fraction of sp³-hybridized carbons (Fsp3) is 0.579. The van der Waals surface area contributed by atoms with Crippen LogP contribution in [-0.2, 0) is 9.53 Å². The van der Waals surface area contributed by atoms with Crippen LogP contribution in [0.25, 0.3) is 0 Å². The minimum absolute atomic E-state index is 0. The first kappa shape index (κ1) is 25.0. The summed E-state index contributed by atoms with van der Waals surface area (Å²) < 4.78 is 5.37. The molecule has 0 atom stereocenters. The van der Waals surface area contributed by atoms with E-state index in [2.05, 4.69) is 32.7 Å². The molecule has 9 heteroatoms. The fourth-order valence-electron chi connectivity index (χ4n) is 2.47. The van der Waals surface area contributed by atoms with Gasteiger partial charge in [-0.15, -0.1) is 35.7 Å². The van der Waals surface area contributed by atoms with Crippen LogP contribution in [0.2, 0.25) is 0 Å². The van der Waals surface area contributed by atoms with Gasteiger partial charge in [0.2, 0.25) is 5.91 Å². The highest BCUT2D eigenvalue weighted by Gasteiger charge is 2.10. The first-order valence-corrected chi connectivity index (χ1v) is 10.3. The second-order valence-corrected chi connectivity index (χ2v) is 7.59. The van der Waals surface area contributed by atoms with Crippen molar-refractivity contribution in [3.05, 3.63) is 30.3 Å². The molecule has 1 heterocycles. The van der Waals surface area contributed by atoms with E-state index in [-0.39, 0.29) is 36.4 Å². The van der Waals surface area contributed by atoms with Crippen molar-refractivity contribution in [1.29, 1.82) is 0 Å². The molecule has 1 aromatic rings. The summed E-state index contributed by atoms with van der Waals surface area (Å²) in [6.45, 7) is 6.17. The Hall–Kier alpha value is -1.04. The molecule has 158 valence electrons. The molecule has 7 nitrogen and oxygen atoms in total. The van der Waals surface area contributed by atoms with E-state index in [4.69, 9.17) is 4.74 Å². The number of likely N-dealkylation sites (N-methyl/N-ethyl adjacent to an activating group) is 1. The maximum absolute atomic E-state index is 11.8. The van der Waals surface area contributed by atoms with Gasteiger partial charge in [-0.2, -0.15) is 0 Å². The Bertz CT molecular complexity index is 583. The number of carbonyl (C=O) groups is 1. The molecule has 1 aliphatic heterocycles. The molecule has 0 aliphatic carbocycles. The second kappa shape index (κ2) is 14.9. The van der Waals surface area contributed by atoms with E-state index < -0.39 is 0 Å². The zero-order valence-corrected chi connectivity index (χ0v) is 19.9. The zero-order chi connectivity index (χ0) is 19.3. The Labute approximate surface area is 189 Å². The minimum atomic E-state index is -0.0112. The molecule has 2 rings (SSSR count). The normalized spacial score (nSPS) is 14.9. The van der Waals surface area contributed by atoms with Crippen molar-refractivity contribution in [1.82, 2.24) is 20.4 Å². The van der Waals surface area contributed by atoms with Crippen LogP contribution in [0.15, 0.2) is 40.2 Å². The quantitative estimate of drug-likeness (QED) is 0.168. The third-order valence-corrected chi connectivity index (χ3v) is 5.12. The van der Waals surface area contributed by atoms with E-state index in [1.807, 2.05) is 18.2 Å². The number of nitrogens with one attached hydrogen (secondary N) is 2. The van der Waals surface area contributed by atoms with Crippen LogP contribution >= 0.6 is 35.7 Å². The van der Waals surface area contributed by atoms with Crippen molar-refractivity contribution in [2.75, 3.05) is 72.3 Å². The SMILES string of the molecule is CN(C)C(=O)CN=C(NCCSc1ccccc1)NCCN1CCOCC1.I. The van der Waals surface area contributed by atoms with Crippen LogP contribution in [0.5, 0.6) is 0 Å². The van der Waals surface area contributed by atoms with Crippen molar-refractivity contribution in [3.8, 4) is 0 Å². The summed E-state index contributed by atoms with van der Waals surface area (Å²) in [5, 5.41) is 6.66. The second-order valence-electron chi connectivity index (χ2n) is 6.42. The highest BCUT2D eigenvalue weighted by atomic mass is 127. The molecule has 0 saturated carbocycles. The highest BCUT2D eigenvalue weighted by Crippen LogP contribution is 2.15. The van der Waals surface area contributed by atoms with E-state index in [9.17, 15) is 4.79 Å². The van der Waals surface area contributed by atoms with Crippen LogP contribution in [0.1, 0.15) is 0 Å². The van der Waals surface area contributed by atoms with Crippen molar-refractivity contribution >= 4 is 47.6 Å². The molecule has 0 spiro atoms. The van der Waals surface area contributed by atoms with Crippen LogP contribution in [0, 0.1) is 0 Å². The summed E-state index contributed by atoms with van der Waals surface area (Å²) >= 11 is 1.80. The number of hydrogen-bond donors (Lipinski definition) is 2. The Morgan fingerprint density at radius 3 is 2.54 bits per heavy atom. The number of hydrogen-bond acceptors (Lipinski definition) is 5. The Morgan fingerprint density at radius 2 is 1.86 bits per heavy atom. The van der Waals surface area contributed by atoms with Gasteiger partial charge in [0.05, 0.1) is 13.2 Å². The number of guanidine groups is 1. The Kier molecular flexibility index (Phi) is 13.3. The summed E-state index contributed by atoms with van der Waals surface area (Å²) in [5.74, 6) is 1.60. The lowest BCUT2D eigenvalue weighted by Gasteiger charge is -2.26. The molecule has 0 radical (unpaired) electrons. The van der Waals surface area contributed by atoms with Crippen molar-refractivity contribution < 1.29 is 9.53 Å². The lowest BCUT2D eigenvalue weighted by molar-refractivity contribution is -0.127. The Morgan fingerprint density at radius 1 is 1.18 bits per heavy atom. The van der Waals surface area contributed by atoms with Crippen molar-refractivity contribution in [2.45, 2.75) is 4.90 Å². The van der Waals surface area contributed by atoms with E-state index in [0.717, 1.165) is 51.7 Å². The summed E-state index contributed by atoms with van der Waals surface area (Å²) in [6, 6.07) is 10.3. The monoisotopic (exact) mass is 521 g/mol. The highest BCUT2D eigenvalue weighted by molar-refractivity contribution is 14.0. The Balaban J connectivity index is 0.00000392. The van der Waals surface area contributed by atoms with Gasteiger partial charge < -0.3 is 20.3 Å². The van der Waals surface area contributed by atoms with Crippen LogP contribution < -0.4 is 10.6 Å². The number of nitrogens with zero attached hydrogens (tertiary/aromatic N) is 3. The average molecular weight is 521 g/mol. The fourth-order valence-corrected chi connectivity index (χ4v) is 3.26. The number of aliphatic imine (C=N–C) groups is 1. The maximum atomic E-state index is 11.8.